The number of aromatic nitrogens is 1. The molecule has 8 heteroatoms. The highest BCUT2D eigenvalue weighted by molar-refractivity contribution is 5.93. The van der Waals surface area contributed by atoms with Gasteiger partial charge in [0, 0.05) is 18.0 Å². The van der Waals surface area contributed by atoms with E-state index >= 15 is 0 Å². The number of hydrogen-bond donors (Lipinski definition) is 2. The molecule has 0 fully saturated rings. The number of amides is 1. The SMILES string of the molecule is C[C@@H](OC(C)(C)C)[C@@H](CC(=O)[C@@H](N)Cc1cn(C(=O)OC(C)(C)C)c2ccccc12)C(N)=O. The van der Waals surface area contributed by atoms with Gasteiger partial charge in [0.05, 0.1) is 29.2 Å². The van der Waals surface area contributed by atoms with E-state index in [-0.39, 0.29) is 18.6 Å². The fraction of sp³-hybridized carbons (Fsp3) is 0.560. The number of primary amides is 1. The van der Waals surface area contributed by atoms with E-state index in [1.807, 2.05) is 45.0 Å². The summed E-state index contributed by atoms with van der Waals surface area (Å²) in [4.78, 5) is 37.6. The molecule has 3 atom stereocenters. The number of Topliss-reactive ketones (excluding diaryl/α,β-unsaturated/α-hetero) is 1. The van der Waals surface area contributed by atoms with E-state index in [9.17, 15) is 14.4 Å². The summed E-state index contributed by atoms with van der Waals surface area (Å²) in [5.41, 5.74) is 12.1. The fourth-order valence-electron chi connectivity index (χ4n) is 3.73. The molecule has 0 bridgehead atoms. The van der Waals surface area contributed by atoms with Gasteiger partial charge < -0.3 is 20.9 Å². The Morgan fingerprint density at radius 1 is 1.03 bits per heavy atom. The summed E-state index contributed by atoms with van der Waals surface area (Å²) in [7, 11) is 0. The summed E-state index contributed by atoms with van der Waals surface area (Å²) in [6.45, 7) is 12.7. The molecule has 0 radical (unpaired) electrons. The first-order valence-electron chi connectivity index (χ1n) is 11.2. The molecule has 1 heterocycles. The second-order valence-electron chi connectivity index (χ2n) is 10.4. The van der Waals surface area contributed by atoms with E-state index in [1.54, 1.807) is 33.9 Å². The molecule has 0 saturated carbocycles. The predicted octanol–water partition coefficient (Wildman–Crippen LogP) is 3.56. The molecule has 0 aliphatic carbocycles. The third-order valence-electron chi connectivity index (χ3n) is 5.13. The van der Waals surface area contributed by atoms with Crippen LogP contribution in [0.4, 0.5) is 4.79 Å². The van der Waals surface area contributed by atoms with E-state index in [0.717, 1.165) is 10.9 Å². The number of ether oxygens (including phenoxy) is 2. The Balaban J connectivity index is 2.22. The lowest BCUT2D eigenvalue weighted by atomic mass is 9.91. The maximum absolute atomic E-state index is 12.9. The zero-order valence-electron chi connectivity index (χ0n) is 20.7. The molecule has 182 valence electrons. The van der Waals surface area contributed by atoms with Gasteiger partial charge in [-0.25, -0.2) is 4.79 Å². The Bertz CT molecular complexity index is 1010. The lowest BCUT2D eigenvalue weighted by molar-refractivity contribution is -0.138. The number of nitrogens with zero attached hydrogens (tertiary/aromatic N) is 1. The van der Waals surface area contributed by atoms with Gasteiger partial charge in [0.1, 0.15) is 5.60 Å². The number of fused-ring (bicyclic) bond motifs is 1. The second kappa shape index (κ2) is 10.1. The van der Waals surface area contributed by atoms with E-state index < -0.39 is 41.3 Å². The number of ketones is 1. The summed E-state index contributed by atoms with van der Waals surface area (Å²) >= 11 is 0. The van der Waals surface area contributed by atoms with Crippen molar-refractivity contribution in [2.45, 2.75) is 84.7 Å². The molecule has 4 N–H and O–H groups in total. The van der Waals surface area contributed by atoms with Gasteiger partial charge in [0.15, 0.2) is 5.78 Å². The maximum atomic E-state index is 12.9. The van der Waals surface area contributed by atoms with Gasteiger partial charge in [-0.2, -0.15) is 0 Å². The van der Waals surface area contributed by atoms with E-state index in [4.69, 9.17) is 20.9 Å². The Morgan fingerprint density at radius 3 is 2.18 bits per heavy atom. The first kappa shape index (κ1) is 26.5. The third kappa shape index (κ3) is 7.40. The monoisotopic (exact) mass is 459 g/mol. The van der Waals surface area contributed by atoms with Gasteiger partial charge in [0.25, 0.3) is 0 Å². The van der Waals surface area contributed by atoms with Gasteiger partial charge in [-0.05, 0) is 66.5 Å². The number of rotatable bonds is 8. The van der Waals surface area contributed by atoms with Crippen LogP contribution in [0.2, 0.25) is 0 Å². The Morgan fingerprint density at radius 2 is 1.64 bits per heavy atom. The number of carbonyl (C=O) groups excluding carboxylic acids is 3. The number of nitrogens with two attached hydrogens (primary N) is 2. The zero-order chi connectivity index (χ0) is 25.1. The van der Waals surface area contributed by atoms with Gasteiger partial charge in [-0.1, -0.05) is 18.2 Å². The molecule has 0 aliphatic heterocycles. The highest BCUT2D eigenvalue weighted by Gasteiger charge is 2.31. The number of benzene rings is 1. The molecule has 1 aromatic carbocycles. The molecule has 1 aromatic heterocycles. The lowest BCUT2D eigenvalue weighted by Crippen LogP contribution is -2.42. The maximum Gasteiger partial charge on any atom is 0.419 e. The summed E-state index contributed by atoms with van der Waals surface area (Å²) < 4.78 is 12.8. The van der Waals surface area contributed by atoms with Crippen LogP contribution in [-0.4, -0.2) is 45.7 Å². The standard InChI is InChI=1S/C25H37N3O5/c1-15(32-24(2,3)4)18(22(27)30)13-21(29)19(26)12-16-14-28(23(31)33-25(5,6)7)20-11-9-8-10-17(16)20/h8-11,14-15,18-19H,12-13,26H2,1-7H3,(H2,27,30)/t15-,18-,19+/m1/s1. The van der Waals surface area contributed by atoms with Crippen molar-refractivity contribution in [1.82, 2.24) is 4.57 Å². The number of hydrogen-bond acceptors (Lipinski definition) is 6. The Labute approximate surface area is 195 Å². The normalized spacial score (nSPS) is 15.2. The highest BCUT2D eigenvalue weighted by Crippen LogP contribution is 2.25. The predicted molar refractivity (Wildman–Crippen MR) is 128 cm³/mol. The third-order valence-corrected chi connectivity index (χ3v) is 5.13. The largest absolute Gasteiger partial charge is 0.443 e. The minimum Gasteiger partial charge on any atom is -0.443 e. The molecular formula is C25H37N3O5. The smallest absolute Gasteiger partial charge is 0.419 e. The minimum absolute atomic E-state index is 0.113. The minimum atomic E-state index is -0.869. The molecular weight excluding hydrogens is 422 g/mol. The van der Waals surface area contributed by atoms with E-state index in [0.29, 0.717) is 5.52 Å². The molecule has 0 unspecified atom stereocenters. The van der Waals surface area contributed by atoms with Crippen LogP contribution >= 0.6 is 0 Å². The lowest BCUT2D eigenvalue weighted by Gasteiger charge is -2.29. The van der Waals surface area contributed by atoms with Crippen molar-refractivity contribution in [2.24, 2.45) is 17.4 Å². The van der Waals surface area contributed by atoms with Gasteiger partial charge in [-0.3, -0.25) is 14.2 Å². The molecule has 0 saturated heterocycles. The summed E-state index contributed by atoms with van der Waals surface area (Å²) in [6, 6.07) is 6.49. The Kier molecular flexibility index (Phi) is 8.09. The Hall–Kier alpha value is -2.71. The van der Waals surface area contributed by atoms with Crippen LogP contribution in [0.3, 0.4) is 0 Å². The van der Waals surface area contributed by atoms with Crippen LogP contribution in [-0.2, 0) is 25.5 Å². The highest BCUT2D eigenvalue weighted by atomic mass is 16.6. The van der Waals surface area contributed by atoms with Crippen molar-refractivity contribution in [2.75, 3.05) is 0 Å². The van der Waals surface area contributed by atoms with Crippen molar-refractivity contribution in [3.05, 3.63) is 36.0 Å². The molecule has 1 amide bonds. The topological polar surface area (TPSA) is 127 Å². The van der Waals surface area contributed by atoms with Crippen LogP contribution in [0.1, 0.15) is 60.5 Å². The van der Waals surface area contributed by atoms with Crippen molar-refractivity contribution in [3.63, 3.8) is 0 Å². The van der Waals surface area contributed by atoms with Gasteiger partial charge >= 0.3 is 6.09 Å². The molecule has 0 aliphatic rings. The van der Waals surface area contributed by atoms with Crippen LogP contribution in [0, 0.1) is 5.92 Å². The molecule has 33 heavy (non-hydrogen) atoms. The van der Waals surface area contributed by atoms with Crippen molar-refractivity contribution < 1.29 is 23.9 Å². The van der Waals surface area contributed by atoms with Crippen molar-refractivity contribution >= 4 is 28.7 Å². The number of para-hydroxylation sites is 1. The summed E-state index contributed by atoms with van der Waals surface area (Å²) in [5.74, 6) is -1.68. The van der Waals surface area contributed by atoms with E-state index in [1.165, 1.54) is 4.57 Å². The van der Waals surface area contributed by atoms with Crippen molar-refractivity contribution in [1.29, 1.82) is 0 Å². The number of carbonyl (C=O) groups is 3. The quantitative estimate of drug-likeness (QED) is 0.621. The van der Waals surface area contributed by atoms with Crippen LogP contribution < -0.4 is 11.5 Å². The van der Waals surface area contributed by atoms with E-state index in [2.05, 4.69) is 0 Å². The summed E-state index contributed by atoms with van der Waals surface area (Å²) in [5, 5.41) is 0.808. The second-order valence-corrected chi connectivity index (χ2v) is 10.4. The average Bonchev–Trinajstić information content (AvgIpc) is 3.01. The first-order chi connectivity index (χ1) is 15.1. The average molecular weight is 460 g/mol. The molecule has 8 nitrogen and oxygen atoms in total. The van der Waals surface area contributed by atoms with Crippen LogP contribution in [0.15, 0.2) is 30.5 Å². The van der Waals surface area contributed by atoms with Gasteiger partial charge in [-0.15, -0.1) is 0 Å². The zero-order valence-corrected chi connectivity index (χ0v) is 20.7. The van der Waals surface area contributed by atoms with Gasteiger partial charge in [0.2, 0.25) is 5.91 Å². The fourth-order valence-corrected chi connectivity index (χ4v) is 3.73. The van der Waals surface area contributed by atoms with Crippen LogP contribution in [0.25, 0.3) is 10.9 Å². The molecule has 2 rings (SSSR count). The molecule has 0 spiro atoms. The summed E-state index contributed by atoms with van der Waals surface area (Å²) in [6.07, 6.45) is 0.704. The van der Waals surface area contributed by atoms with Crippen molar-refractivity contribution in [3.8, 4) is 0 Å². The van der Waals surface area contributed by atoms with Crippen LogP contribution in [0.5, 0.6) is 0 Å². The molecule has 2 aromatic rings. The first-order valence-corrected chi connectivity index (χ1v) is 11.2.